The highest BCUT2D eigenvalue weighted by molar-refractivity contribution is 7.89. The highest BCUT2D eigenvalue weighted by Gasteiger charge is 2.25. The molecule has 0 spiro atoms. The van der Waals surface area contributed by atoms with Crippen molar-refractivity contribution in [2.24, 2.45) is 11.8 Å². The Morgan fingerprint density at radius 3 is 2.39 bits per heavy atom. The first-order chi connectivity index (χ1) is 15.8. The van der Waals surface area contributed by atoms with E-state index in [1.165, 1.54) is 0 Å². The van der Waals surface area contributed by atoms with Gasteiger partial charge >= 0.3 is 6.03 Å². The summed E-state index contributed by atoms with van der Waals surface area (Å²) in [7, 11) is -2.04. The number of hydrogen-bond acceptors (Lipinski definition) is 5. The fraction of sp³-hybridized carbons (Fsp3) is 0.458. The Kier molecular flexibility index (Phi) is 8.57. The number of anilines is 1. The van der Waals surface area contributed by atoms with E-state index >= 15 is 0 Å². The Bertz CT molecular complexity index is 1020. The van der Waals surface area contributed by atoms with Crippen molar-refractivity contribution in [2.75, 3.05) is 38.7 Å². The number of urea groups is 1. The van der Waals surface area contributed by atoms with E-state index < -0.39 is 10.0 Å². The number of benzene rings is 2. The third-order valence-electron chi connectivity index (χ3n) is 5.53. The lowest BCUT2D eigenvalue weighted by Gasteiger charge is -2.32. The van der Waals surface area contributed by atoms with Crippen LogP contribution in [0.2, 0.25) is 0 Å². The second-order valence-electron chi connectivity index (χ2n) is 8.59. The second kappa shape index (κ2) is 11.4. The van der Waals surface area contributed by atoms with Crippen molar-refractivity contribution in [1.29, 1.82) is 0 Å². The van der Waals surface area contributed by atoms with Gasteiger partial charge in [-0.15, -0.1) is 0 Å². The number of ether oxygens (including phenoxy) is 2. The lowest BCUT2D eigenvalue weighted by atomic mass is 9.97. The molecule has 1 fully saturated rings. The molecule has 1 aliphatic rings. The Morgan fingerprint density at radius 2 is 1.76 bits per heavy atom. The number of para-hydroxylation sites is 2. The molecular weight excluding hydrogens is 442 g/mol. The van der Waals surface area contributed by atoms with Crippen LogP contribution in [0.1, 0.15) is 26.7 Å². The molecule has 0 radical (unpaired) electrons. The highest BCUT2D eigenvalue weighted by Crippen LogP contribution is 2.25. The van der Waals surface area contributed by atoms with Crippen molar-refractivity contribution < 1.29 is 22.7 Å². The number of sulfonamides is 1. The highest BCUT2D eigenvalue weighted by atomic mass is 32.2. The van der Waals surface area contributed by atoms with Gasteiger partial charge in [-0.05, 0) is 61.1 Å². The van der Waals surface area contributed by atoms with Gasteiger partial charge < -0.3 is 19.7 Å². The number of methoxy groups -OCH3 is 1. The van der Waals surface area contributed by atoms with Crippen LogP contribution in [0.4, 0.5) is 10.5 Å². The van der Waals surface area contributed by atoms with Gasteiger partial charge in [-0.25, -0.2) is 17.9 Å². The Balaban J connectivity index is 1.46. The third kappa shape index (κ3) is 7.10. The predicted molar refractivity (Wildman–Crippen MR) is 128 cm³/mol. The van der Waals surface area contributed by atoms with Crippen molar-refractivity contribution >= 4 is 21.7 Å². The first-order valence-electron chi connectivity index (χ1n) is 11.2. The van der Waals surface area contributed by atoms with Crippen molar-refractivity contribution in [2.45, 2.75) is 31.6 Å². The van der Waals surface area contributed by atoms with Gasteiger partial charge in [0.25, 0.3) is 0 Å². The first-order valence-corrected chi connectivity index (χ1v) is 12.7. The molecule has 0 aliphatic carbocycles. The summed E-state index contributed by atoms with van der Waals surface area (Å²) in [5.41, 5.74) is 0.625. The standard InChI is InChI=1S/C24H33N3O5S/c1-18(2)17-32-20-8-10-21(11-9-20)33(29,30)25-16-19-12-14-27(15-13-19)24(28)26-22-6-4-5-7-23(22)31-3/h4-11,18-19,25H,12-17H2,1-3H3,(H,26,28). The summed E-state index contributed by atoms with van der Waals surface area (Å²) in [6.45, 7) is 6.17. The number of nitrogens with one attached hydrogen (secondary N) is 2. The number of rotatable bonds is 9. The molecule has 1 aliphatic heterocycles. The molecule has 1 heterocycles. The van der Waals surface area contributed by atoms with Crippen LogP contribution in [0, 0.1) is 11.8 Å². The first kappa shape index (κ1) is 24.9. The Morgan fingerprint density at radius 1 is 1.09 bits per heavy atom. The van der Waals surface area contributed by atoms with Crippen molar-refractivity contribution in [3.8, 4) is 11.5 Å². The summed E-state index contributed by atoms with van der Waals surface area (Å²) in [5.74, 6) is 1.83. The second-order valence-corrected chi connectivity index (χ2v) is 10.4. The number of carbonyl (C=O) groups is 1. The minimum absolute atomic E-state index is 0.170. The zero-order valence-electron chi connectivity index (χ0n) is 19.4. The molecule has 1 saturated heterocycles. The summed E-state index contributed by atoms with van der Waals surface area (Å²) in [6, 6.07) is 13.6. The minimum Gasteiger partial charge on any atom is -0.495 e. The number of likely N-dealkylation sites (tertiary alicyclic amines) is 1. The van der Waals surface area contributed by atoms with Crippen LogP contribution in [0.25, 0.3) is 0 Å². The quantitative estimate of drug-likeness (QED) is 0.572. The van der Waals surface area contributed by atoms with Gasteiger partial charge in [-0.1, -0.05) is 26.0 Å². The van der Waals surface area contributed by atoms with E-state index in [0.717, 1.165) is 12.8 Å². The molecule has 0 atom stereocenters. The number of carbonyl (C=O) groups excluding carboxylic acids is 1. The van der Waals surface area contributed by atoms with E-state index in [4.69, 9.17) is 9.47 Å². The van der Waals surface area contributed by atoms with Crippen LogP contribution in [0.5, 0.6) is 11.5 Å². The van der Waals surface area contributed by atoms with Gasteiger partial charge in [0.1, 0.15) is 11.5 Å². The molecule has 2 aromatic carbocycles. The summed E-state index contributed by atoms with van der Waals surface area (Å²) in [6.07, 6.45) is 1.45. The minimum atomic E-state index is -3.60. The van der Waals surface area contributed by atoms with Crippen LogP contribution in [-0.4, -0.2) is 52.7 Å². The topological polar surface area (TPSA) is 97.0 Å². The Labute approximate surface area is 196 Å². The average molecular weight is 476 g/mol. The predicted octanol–water partition coefficient (Wildman–Crippen LogP) is 3.95. The van der Waals surface area contributed by atoms with Crippen LogP contribution < -0.4 is 19.5 Å². The zero-order chi connectivity index (χ0) is 23.8. The maximum Gasteiger partial charge on any atom is 0.321 e. The maximum absolute atomic E-state index is 12.7. The summed E-state index contributed by atoms with van der Waals surface area (Å²) in [4.78, 5) is 14.6. The lowest BCUT2D eigenvalue weighted by molar-refractivity contribution is 0.183. The van der Waals surface area contributed by atoms with E-state index in [9.17, 15) is 13.2 Å². The van der Waals surface area contributed by atoms with Gasteiger partial charge in [0.2, 0.25) is 10.0 Å². The molecule has 33 heavy (non-hydrogen) atoms. The zero-order valence-corrected chi connectivity index (χ0v) is 20.2. The number of piperidine rings is 1. The van der Waals surface area contributed by atoms with Crippen molar-refractivity contribution in [1.82, 2.24) is 9.62 Å². The van der Waals surface area contributed by atoms with E-state index in [0.29, 0.717) is 49.3 Å². The van der Waals surface area contributed by atoms with E-state index in [1.807, 2.05) is 12.1 Å². The molecule has 9 heteroatoms. The summed E-state index contributed by atoms with van der Waals surface area (Å²) >= 11 is 0. The van der Waals surface area contributed by atoms with E-state index in [2.05, 4.69) is 23.9 Å². The molecule has 2 N–H and O–H groups in total. The van der Waals surface area contributed by atoms with Crippen LogP contribution >= 0.6 is 0 Å². The SMILES string of the molecule is COc1ccccc1NC(=O)N1CCC(CNS(=O)(=O)c2ccc(OCC(C)C)cc2)CC1. The maximum atomic E-state index is 12.7. The van der Waals surface area contributed by atoms with Crippen LogP contribution in [-0.2, 0) is 10.0 Å². The number of hydrogen-bond donors (Lipinski definition) is 2. The van der Waals surface area contributed by atoms with Crippen molar-refractivity contribution in [3.05, 3.63) is 48.5 Å². The van der Waals surface area contributed by atoms with Gasteiger partial charge in [-0.2, -0.15) is 0 Å². The molecule has 0 saturated carbocycles. The van der Waals surface area contributed by atoms with Crippen molar-refractivity contribution in [3.63, 3.8) is 0 Å². The van der Waals surface area contributed by atoms with Crippen LogP contribution in [0.3, 0.4) is 0 Å². The number of nitrogens with zero attached hydrogens (tertiary/aromatic N) is 1. The Hall–Kier alpha value is -2.78. The molecule has 0 bridgehead atoms. The summed E-state index contributed by atoms with van der Waals surface area (Å²) in [5, 5.41) is 2.88. The molecule has 2 amide bonds. The number of amides is 2. The molecule has 0 unspecified atom stereocenters. The molecule has 8 nitrogen and oxygen atoms in total. The van der Waals surface area contributed by atoms with E-state index in [-0.39, 0.29) is 16.8 Å². The third-order valence-corrected chi connectivity index (χ3v) is 6.97. The van der Waals surface area contributed by atoms with E-state index in [1.54, 1.807) is 48.4 Å². The fourth-order valence-electron chi connectivity index (χ4n) is 3.57. The lowest BCUT2D eigenvalue weighted by Crippen LogP contribution is -2.43. The molecule has 3 rings (SSSR count). The summed E-state index contributed by atoms with van der Waals surface area (Å²) < 4.78 is 38.9. The smallest absolute Gasteiger partial charge is 0.321 e. The molecule has 0 aromatic heterocycles. The van der Waals surface area contributed by atoms with Crippen LogP contribution in [0.15, 0.2) is 53.4 Å². The van der Waals surface area contributed by atoms with Gasteiger partial charge in [0, 0.05) is 19.6 Å². The largest absolute Gasteiger partial charge is 0.495 e. The molecule has 180 valence electrons. The fourth-order valence-corrected chi connectivity index (χ4v) is 4.69. The van der Waals surface area contributed by atoms with Gasteiger partial charge in [0.05, 0.1) is 24.3 Å². The molecular formula is C24H33N3O5S. The molecule has 2 aromatic rings. The average Bonchev–Trinajstić information content (AvgIpc) is 2.82. The monoisotopic (exact) mass is 475 g/mol. The normalized spacial score (nSPS) is 14.8. The van der Waals surface area contributed by atoms with Gasteiger partial charge in [-0.3, -0.25) is 0 Å². The van der Waals surface area contributed by atoms with Gasteiger partial charge in [0.15, 0.2) is 0 Å².